The van der Waals surface area contributed by atoms with Crippen molar-refractivity contribution >= 4 is 34.1 Å². The Morgan fingerprint density at radius 1 is 1.38 bits per heavy atom. The number of rotatable bonds is 6. The Bertz CT molecular complexity index is 577. The van der Waals surface area contributed by atoms with Crippen LogP contribution in [0.2, 0.25) is 0 Å². The number of amides is 2. The van der Waals surface area contributed by atoms with Gasteiger partial charge in [0.15, 0.2) is 5.60 Å². The number of carbonyl (C=O) groups is 3. The lowest BCUT2D eigenvalue weighted by Crippen LogP contribution is -2.46. The number of hydrogen-bond acceptors (Lipinski definition) is 5. The van der Waals surface area contributed by atoms with Crippen molar-refractivity contribution in [1.82, 2.24) is 5.32 Å². The number of carbonyl (C=O) groups excluding carboxylic acids is 2. The highest BCUT2D eigenvalue weighted by molar-refractivity contribution is 7.18. The van der Waals surface area contributed by atoms with Crippen molar-refractivity contribution in [2.45, 2.75) is 25.4 Å². The fraction of sp³-hybridized carbons (Fsp3) is 0.462. The monoisotopic (exact) mass is 312 g/mol. The third kappa shape index (κ3) is 4.02. The highest BCUT2D eigenvalue weighted by atomic mass is 32.1. The SMILES string of the molecule is CC(O)(CNC(=O)c1ccc(NC(=O)C2CC2)s1)C(=O)O. The van der Waals surface area contributed by atoms with Gasteiger partial charge in [-0.05, 0) is 31.9 Å². The Morgan fingerprint density at radius 3 is 2.62 bits per heavy atom. The maximum absolute atomic E-state index is 11.8. The molecule has 21 heavy (non-hydrogen) atoms. The van der Waals surface area contributed by atoms with Crippen LogP contribution in [-0.4, -0.2) is 40.1 Å². The maximum atomic E-state index is 11.8. The fourth-order valence-corrected chi connectivity index (χ4v) is 2.34. The van der Waals surface area contributed by atoms with Crippen molar-refractivity contribution in [3.05, 3.63) is 17.0 Å². The van der Waals surface area contributed by atoms with Gasteiger partial charge in [0.2, 0.25) is 5.91 Å². The molecule has 0 radical (unpaired) electrons. The highest BCUT2D eigenvalue weighted by Crippen LogP contribution is 2.31. The number of hydrogen-bond donors (Lipinski definition) is 4. The van der Waals surface area contributed by atoms with E-state index in [4.69, 9.17) is 5.11 Å². The second kappa shape index (κ2) is 5.82. The largest absolute Gasteiger partial charge is 0.479 e. The molecule has 1 aromatic heterocycles. The van der Waals surface area contributed by atoms with Gasteiger partial charge in [-0.25, -0.2) is 4.79 Å². The average Bonchev–Trinajstić information content (AvgIpc) is 3.17. The molecule has 8 heteroatoms. The van der Waals surface area contributed by atoms with Crippen molar-refractivity contribution < 1.29 is 24.6 Å². The summed E-state index contributed by atoms with van der Waals surface area (Å²) in [5.41, 5.74) is -2.02. The van der Waals surface area contributed by atoms with Gasteiger partial charge in [-0.2, -0.15) is 0 Å². The zero-order valence-corrected chi connectivity index (χ0v) is 12.2. The molecule has 7 nitrogen and oxygen atoms in total. The average molecular weight is 312 g/mol. The fourth-order valence-electron chi connectivity index (χ4n) is 1.51. The van der Waals surface area contributed by atoms with Crippen LogP contribution in [0.1, 0.15) is 29.4 Å². The van der Waals surface area contributed by atoms with E-state index in [0.29, 0.717) is 9.88 Å². The summed E-state index contributed by atoms with van der Waals surface area (Å²) in [6.07, 6.45) is 1.80. The number of aliphatic carboxylic acids is 1. The predicted octanol–water partition coefficient (Wildman–Crippen LogP) is 0.662. The van der Waals surface area contributed by atoms with Crippen LogP contribution < -0.4 is 10.6 Å². The van der Waals surface area contributed by atoms with Crippen LogP contribution in [0.15, 0.2) is 12.1 Å². The topological polar surface area (TPSA) is 116 Å². The molecule has 0 aliphatic heterocycles. The summed E-state index contributed by atoms with van der Waals surface area (Å²) in [5, 5.41) is 23.9. The predicted molar refractivity (Wildman–Crippen MR) is 76.3 cm³/mol. The third-order valence-corrected chi connectivity index (χ3v) is 4.08. The minimum atomic E-state index is -2.02. The zero-order valence-electron chi connectivity index (χ0n) is 11.4. The Hall–Kier alpha value is -1.93. The van der Waals surface area contributed by atoms with Crippen molar-refractivity contribution in [3.8, 4) is 0 Å². The molecular formula is C13H16N2O5S. The van der Waals surface area contributed by atoms with Crippen LogP contribution in [0.25, 0.3) is 0 Å². The number of anilines is 1. The van der Waals surface area contributed by atoms with Gasteiger partial charge < -0.3 is 20.8 Å². The molecule has 1 atom stereocenters. The molecule has 0 bridgehead atoms. The first-order chi connectivity index (χ1) is 9.79. The van der Waals surface area contributed by atoms with Gasteiger partial charge >= 0.3 is 5.97 Å². The Labute approximate surface area is 125 Å². The van der Waals surface area contributed by atoms with Crippen LogP contribution in [0.3, 0.4) is 0 Å². The molecule has 114 valence electrons. The lowest BCUT2D eigenvalue weighted by Gasteiger charge is -2.17. The highest BCUT2D eigenvalue weighted by Gasteiger charge is 2.31. The molecule has 1 aliphatic rings. The normalized spacial score (nSPS) is 16.9. The van der Waals surface area contributed by atoms with Gasteiger partial charge in [0.25, 0.3) is 5.91 Å². The first-order valence-electron chi connectivity index (χ1n) is 6.44. The number of aliphatic hydroxyl groups is 1. The number of thiophene rings is 1. The van der Waals surface area contributed by atoms with Crippen molar-refractivity contribution in [2.24, 2.45) is 5.92 Å². The molecule has 2 amide bonds. The molecule has 0 aromatic carbocycles. The summed E-state index contributed by atoms with van der Waals surface area (Å²) < 4.78 is 0. The summed E-state index contributed by atoms with van der Waals surface area (Å²) in [6, 6.07) is 3.16. The smallest absolute Gasteiger partial charge is 0.337 e. The molecule has 0 saturated heterocycles. The summed E-state index contributed by atoms with van der Waals surface area (Å²) in [5.74, 6) is -1.87. The Balaban J connectivity index is 1.89. The molecule has 1 aliphatic carbocycles. The number of carboxylic acids is 1. The van der Waals surface area contributed by atoms with Crippen LogP contribution >= 0.6 is 11.3 Å². The van der Waals surface area contributed by atoms with E-state index >= 15 is 0 Å². The Morgan fingerprint density at radius 2 is 2.05 bits per heavy atom. The second-order valence-corrected chi connectivity index (χ2v) is 6.27. The minimum Gasteiger partial charge on any atom is -0.479 e. The van der Waals surface area contributed by atoms with Gasteiger partial charge in [0, 0.05) is 5.92 Å². The second-order valence-electron chi connectivity index (χ2n) is 5.19. The van der Waals surface area contributed by atoms with Crippen molar-refractivity contribution in [2.75, 3.05) is 11.9 Å². The van der Waals surface area contributed by atoms with Gasteiger partial charge in [-0.1, -0.05) is 0 Å². The van der Waals surface area contributed by atoms with Gasteiger partial charge in [-0.15, -0.1) is 11.3 Å². The van der Waals surface area contributed by atoms with Crippen LogP contribution in [0, 0.1) is 5.92 Å². The molecule has 4 N–H and O–H groups in total. The number of nitrogens with one attached hydrogen (secondary N) is 2. The van der Waals surface area contributed by atoms with Crippen LogP contribution in [-0.2, 0) is 9.59 Å². The lowest BCUT2D eigenvalue weighted by molar-refractivity contribution is -0.155. The minimum absolute atomic E-state index is 0.0439. The van der Waals surface area contributed by atoms with Crippen LogP contribution in [0.5, 0.6) is 0 Å². The Kier molecular flexibility index (Phi) is 4.29. The van der Waals surface area contributed by atoms with Crippen molar-refractivity contribution in [3.63, 3.8) is 0 Å². The first kappa shape index (κ1) is 15.5. The third-order valence-electron chi connectivity index (χ3n) is 3.08. The summed E-state index contributed by atoms with van der Waals surface area (Å²) in [7, 11) is 0. The summed E-state index contributed by atoms with van der Waals surface area (Å²) in [4.78, 5) is 34.5. The quantitative estimate of drug-likeness (QED) is 0.616. The van der Waals surface area contributed by atoms with E-state index in [0.717, 1.165) is 31.1 Å². The lowest BCUT2D eigenvalue weighted by atomic mass is 10.1. The van der Waals surface area contributed by atoms with E-state index in [1.54, 1.807) is 6.07 Å². The van der Waals surface area contributed by atoms with Gasteiger partial charge in [-0.3, -0.25) is 9.59 Å². The molecule has 2 rings (SSSR count). The molecule has 1 fully saturated rings. The van der Waals surface area contributed by atoms with Crippen LogP contribution in [0.4, 0.5) is 5.00 Å². The van der Waals surface area contributed by atoms with E-state index < -0.39 is 24.0 Å². The first-order valence-corrected chi connectivity index (χ1v) is 7.26. The van der Waals surface area contributed by atoms with E-state index in [9.17, 15) is 19.5 Å². The van der Waals surface area contributed by atoms with E-state index in [2.05, 4.69) is 10.6 Å². The molecule has 1 unspecified atom stereocenters. The maximum Gasteiger partial charge on any atom is 0.337 e. The van der Waals surface area contributed by atoms with E-state index in [1.165, 1.54) is 6.07 Å². The standard InChI is InChI=1S/C13H16N2O5S/c1-13(20,12(18)19)6-14-11(17)8-4-5-9(21-8)15-10(16)7-2-3-7/h4-5,7,20H,2-3,6H2,1H3,(H,14,17)(H,15,16)(H,18,19). The molecule has 1 saturated carbocycles. The zero-order chi connectivity index (χ0) is 15.6. The molecule has 1 heterocycles. The van der Waals surface area contributed by atoms with E-state index in [1.807, 2.05) is 0 Å². The summed E-state index contributed by atoms with van der Waals surface area (Å²) in [6.45, 7) is 0.703. The molecular weight excluding hydrogens is 296 g/mol. The van der Waals surface area contributed by atoms with E-state index in [-0.39, 0.29) is 11.8 Å². The number of carboxylic acid groups (broad SMARTS) is 1. The summed E-state index contributed by atoms with van der Waals surface area (Å²) >= 11 is 1.10. The molecule has 1 aromatic rings. The van der Waals surface area contributed by atoms with Gasteiger partial charge in [0.1, 0.15) is 0 Å². The van der Waals surface area contributed by atoms with Gasteiger partial charge in [0.05, 0.1) is 16.4 Å². The molecule has 0 spiro atoms. The van der Waals surface area contributed by atoms with Crippen molar-refractivity contribution in [1.29, 1.82) is 0 Å².